The summed E-state index contributed by atoms with van der Waals surface area (Å²) < 4.78 is 5.18. The van der Waals surface area contributed by atoms with Crippen LogP contribution in [0.5, 0.6) is 0 Å². The fourth-order valence-corrected chi connectivity index (χ4v) is 2.23. The normalized spacial score (nSPS) is 19.9. The number of rotatable bonds is 7. The van der Waals surface area contributed by atoms with E-state index in [1.807, 2.05) is 6.92 Å². The molecule has 1 aliphatic heterocycles. The Bertz CT molecular complexity index is 389. The molecule has 6 nitrogen and oxygen atoms in total. The number of esters is 1. The van der Waals surface area contributed by atoms with E-state index in [9.17, 15) is 14.4 Å². The summed E-state index contributed by atoms with van der Waals surface area (Å²) in [6, 6.07) is -0.780. The summed E-state index contributed by atoms with van der Waals surface area (Å²) in [7, 11) is 0. The molecule has 0 aromatic rings. The van der Waals surface area contributed by atoms with Crippen LogP contribution in [0.15, 0.2) is 0 Å². The third-order valence-corrected chi connectivity index (χ3v) is 3.71. The zero-order chi connectivity index (χ0) is 15.8. The molecular weight excluding hydrogens is 296 g/mol. The zero-order valence-corrected chi connectivity index (χ0v) is 13.3. The molecule has 1 fully saturated rings. The lowest BCUT2D eigenvalue weighted by Gasteiger charge is -2.34. The molecule has 1 saturated heterocycles. The number of carbonyl (C=O) groups excluding carboxylic acids is 3. The van der Waals surface area contributed by atoms with Crippen molar-refractivity contribution in [1.29, 1.82) is 0 Å². The molecule has 1 N–H and O–H groups in total. The molecule has 0 aromatic carbocycles. The Balaban J connectivity index is 2.66. The SMILES string of the molecule is CCC(C)OC(=O)CC1C(=O)NCCN1C(=O)CCCCl. The Hall–Kier alpha value is -1.30. The summed E-state index contributed by atoms with van der Waals surface area (Å²) in [5.74, 6) is -0.512. The molecule has 120 valence electrons. The van der Waals surface area contributed by atoms with Crippen molar-refractivity contribution in [3.63, 3.8) is 0 Å². The highest BCUT2D eigenvalue weighted by molar-refractivity contribution is 6.17. The third kappa shape index (κ3) is 5.53. The van der Waals surface area contributed by atoms with Gasteiger partial charge in [-0.15, -0.1) is 11.6 Å². The van der Waals surface area contributed by atoms with E-state index in [0.717, 1.165) is 0 Å². The van der Waals surface area contributed by atoms with Crippen LogP contribution in [0.2, 0.25) is 0 Å². The number of hydrogen-bond acceptors (Lipinski definition) is 4. The number of ether oxygens (including phenoxy) is 1. The molecule has 0 bridgehead atoms. The molecule has 21 heavy (non-hydrogen) atoms. The molecule has 0 radical (unpaired) electrons. The van der Waals surface area contributed by atoms with Crippen LogP contribution in [0.25, 0.3) is 0 Å². The minimum atomic E-state index is -0.780. The summed E-state index contributed by atoms with van der Waals surface area (Å²) in [4.78, 5) is 37.4. The maximum Gasteiger partial charge on any atom is 0.308 e. The van der Waals surface area contributed by atoms with Crippen LogP contribution in [-0.4, -0.2) is 53.8 Å². The molecule has 0 aliphatic carbocycles. The molecule has 1 heterocycles. The van der Waals surface area contributed by atoms with Crippen molar-refractivity contribution in [2.45, 2.75) is 51.7 Å². The van der Waals surface area contributed by atoms with Gasteiger partial charge in [0.15, 0.2) is 0 Å². The van der Waals surface area contributed by atoms with Crippen LogP contribution >= 0.6 is 11.6 Å². The predicted octanol–water partition coefficient (Wildman–Crippen LogP) is 1.06. The lowest BCUT2D eigenvalue weighted by atomic mass is 10.1. The third-order valence-electron chi connectivity index (χ3n) is 3.44. The summed E-state index contributed by atoms with van der Waals surface area (Å²) in [5.41, 5.74) is 0. The molecule has 1 aliphatic rings. The lowest BCUT2D eigenvalue weighted by Crippen LogP contribution is -2.57. The van der Waals surface area contributed by atoms with Crippen LogP contribution < -0.4 is 5.32 Å². The smallest absolute Gasteiger partial charge is 0.308 e. The molecule has 0 spiro atoms. The molecule has 1 rings (SSSR count). The van der Waals surface area contributed by atoms with Gasteiger partial charge in [0.05, 0.1) is 12.5 Å². The second-order valence-corrected chi connectivity index (χ2v) is 5.48. The minimum Gasteiger partial charge on any atom is -0.463 e. The first kappa shape index (κ1) is 17.8. The van der Waals surface area contributed by atoms with Crippen molar-refractivity contribution in [3.05, 3.63) is 0 Å². The maximum absolute atomic E-state index is 12.1. The van der Waals surface area contributed by atoms with Crippen LogP contribution in [0.1, 0.15) is 39.5 Å². The van der Waals surface area contributed by atoms with Gasteiger partial charge in [0, 0.05) is 25.4 Å². The van der Waals surface area contributed by atoms with Crippen molar-refractivity contribution in [1.82, 2.24) is 10.2 Å². The Labute approximate surface area is 130 Å². The number of nitrogens with one attached hydrogen (secondary N) is 1. The van der Waals surface area contributed by atoms with Crippen LogP contribution in [-0.2, 0) is 19.1 Å². The van der Waals surface area contributed by atoms with Gasteiger partial charge < -0.3 is 15.0 Å². The Morgan fingerprint density at radius 2 is 2.24 bits per heavy atom. The van der Waals surface area contributed by atoms with Gasteiger partial charge in [-0.2, -0.15) is 0 Å². The highest BCUT2D eigenvalue weighted by Gasteiger charge is 2.34. The Kier molecular flexibility index (Phi) is 7.50. The topological polar surface area (TPSA) is 75.7 Å². The number of alkyl halides is 1. The fraction of sp³-hybridized carbons (Fsp3) is 0.786. The van der Waals surface area contributed by atoms with E-state index in [4.69, 9.17) is 16.3 Å². The van der Waals surface area contributed by atoms with E-state index in [1.54, 1.807) is 6.92 Å². The first-order valence-corrected chi connectivity index (χ1v) is 7.85. The highest BCUT2D eigenvalue weighted by Crippen LogP contribution is 2.13. The Morgan fingerprint density at radius 1 is 1.52 bits per heavy atom. The number of amides is 2. The van der Waals surface area contributed by atoms with Crippen molar-refractivity contribution in [2.24, 2.45) is 0 Å². The summed E-state index contributed by atoms with van der Waals surface area (Å²) in [6.07, 6.45) is 1.25. The van der Waals surface area contributed by atoms with E-state index in [2.05, 4.69) is 5.32 Å². The molecule has 2 atom stereocenters. The number of carbonyl (C=O) groups is 3. The average molecular weight is 319 g/mol. The van der Waals surface area contributed by atoms with Gasteiger partial charge in [-0.05, 0) is 19.8 Å². The average Bonchev–Trinajstić information content (AvgIpc) is 2.46. The van der Waals surface area contributed by atoms with Gasteiger partial charge in [-0.25, -0.2) is 0 Å². The first-order chi connectivity index (χ1) is 9.99. The van der Waals surface area contributed by atoms with Gasteiger partial charge in [-0.1, -0.05) is 6.92 Å². The van der Waals surface area contributed by atoms with Crippen molar-refractivity contribution >= 4 is 29.4 Å². The number of nitrogens with zero attached hydrogens (tertiary/aromatic N) is 1. The largest absolute Gasteiger partial charge is 0.463 e. The lowest BCUT2D eigenvalue weighted by molar-refractivity contribution is -0.154. The number of halogens is 1. The van der Waals surface area contributed by atoms with Gasteiger partial charge in [0.1, 0.15) is 6.04 Å². The molecule has 0 aromatic heterocycles. The van der Waals surface area contributed by atoms with Crippen molar-refractivity contribution in [2.75, 3.05) is 19.0 Å². The summed E-state index contributed by atoms with van der Waals surface area (Å²) in [5, 5.41) is 2.68. The van der Waals surface area contributed by atoms with E-state index >= 15 is 0 Å². The van der Waals surface area contributed by atoms with Gasteiger partial charge in [0.25, 0.3) is 0 Å². The monoisotopic (exact) mass is 318 g/mol. The molecule has 2 amide bonds. The standard InChI is InChI=1S/C14H23ClN2O4/c1-3-10(2)21-13(19)9-11-14(20)16-7-8-17(11)12(18)5-4-6-15/h10-11H,3-9H2,1-2H3,(H,16,20). The van der Waals surface area contributed by atoms with E-state index in [1.165, 1.54) is 4.90 Å². The van der Waals surface area contributed by atoms with Gasteiger partial charge in [-0.3, -0.25) is 14.4 Å². The molecule has 0 saturated carbocycles. The summed E-state index contributed by atoms with van der Waals surface area (Å²) in [6.45, 7) is 4.52. The highest BCUT2D eigenvalue weighted by atomic mass is 35.5. The molecule has 2 unspecified atom stereocenters. The zero-order valence-electron chi connectivity index (χ0n) is 12.6. The maximum atomic E-state index is 12.1. The summed E-state index contributed by atoms with van der Waals surface area (Å²) >= 11 is 5.58. The van der Waals surface area contributed by atoms with E-state index < -0.39 is 12.0 Å². The second-order valence-electron chi connectivity index (χ2n) is 5.10. The molecule has 7 heteroatoms. The Morgan fingerprint density at radius 3 is 2.86 bits per heavy atom. The van der Waals surface area contributed by atoms with Crippen molar-refractivity contribution in [3.8, 4) is 0 Å². The predicted molar refractivity (Wildman–Crippen MR) is 78.9 cm³/mol. The van der Waals surface area contributed by atoms with Crippen LogP contribution in [0, 0.1) is 0 Å². The van der Waals surface area contributed by atoms with E-state index in [-0.39, 0.29) is 30.8 Å². The quantitative estimate of drug-likeness (QED) is 0.562. The van der Waals surface area contributed by atoms with Crippen LogP contribution in [0.4, 0.5) is 0 Å². The fourth-order valence-electron chi connectivity index (χ4n) is 2.09. The number of hydrogen-bond donors (Lipinski definition) is 1. The second kappa shape index (κ2) is 8.87. The minimum absolute atomic E-state index is 0.108. The van der Waals surface area contributed by atoms with Gasteiger partial charge >= 0.3 is 5.97 Å². The van der Waals surface area contributed by atoms with Crippen LogP contribution in [0.3, 0.4) is 0 Å². The first-order valence-electron chi connectivity index (χ1n) is 7.32. The van der Waals surface area contributed by atoms with E-state index in [0.29, 0.717) is 31.8 Å². The number of piperazine rings is 1. The van der Waals surface area contributed by atoms with Crippen molar-refractivity contribution < 1.29 is 19.1 Å². The molecular formula is C14H23ClN2O4. The van der Waals surface area contributed by atoms with Gasteiger partial charge in [0.2, 0.25) is 11.8 Å².